The number of hydrogen-bond donors (Lipinski definition) is 3. The third kappa shape index (κ3) is 3.59. The molecule has 0 aromatic heterocycles. The van der Waals surface area contributed by atoms with Crippen LogP contribution in [0.15, 0.2) is 46.9 Å². The highest BCUT2D eigenvalue weighted by Crippen LogP contribution is 2.18. The van der Waals surface area contributed by atoms with E-state index in [-0.39, 0.29) is 18.2 Å². The molecule has 4 nitrogen and oxygen atoms in total. The predicted molar refractivity (Wildman–Crippen MR) is 81.3 cm³/mol. The van der Waals surface area contributed by atoms with Crippen molar-refractivity contribution in [3.63, 3.8) is 0 Å². The van der Waals surface area contributed by atoms with Crippen molar-refractivity contribution in [1.82, 2.24) is 5.32 Å². The fourth-order valence-electron chi connectivity index (χ4n) is 1.78. The lowest BCUT2D eigenvalue weighted by Gasteiger charge is -2.08. The van der Waals surface area contributed by atoms with Gasteiger partial charge in [-0.2, -0.15) is 0 Å². The van der Waals surface area contributed by atoms with Crippen LogP contribution in [0.25, 0.3) is 0 Å². The summed E-state index contributed by atoms with van der Waals surface area (Å²) in [6.07, 6.45) is 0. The molecule has 2 aromatic carbocycles. The molecule has 4 N–H and O–H groups in total. The summed E-state index contributed by atoms with van der Waals surface area (Å²) in [5.74, 6) is -0.0837. The van der Waals surface area contributed by atoms with Gasteiger partial charge in [-0.1, -0.05) is 28.1 Å². The first-order valence-corrected chi connectivity index (χ1v) is 6.94. The minimum atomic E-state index is -0.192. The topological polar surface area (TPSA) is 75.4 Å². The molecule has 2 aromatic rings. The second-order valence-electron chi connectivity index (χ2n) is 4.36. The standard InChI is InChI=1S/C15H15BrN2O2/c16-13-4-1-10(2-5-13)9-18-15(20)11-3-6-14(19)12(7-11)8-17/h1-7,19H,8-9,17H2,(H,18,20). The zero-order valence-corrected chi connectivity index (χ0v) is 12.4. The van der Waals surface area contributed by atoms with Crippen LogP contribution in [0.4, 0.5) is 0 Å². The van der Waals surface area contributed by atoms with Gasteiger partial charge in [0.25, 0.3) is 5.91 Å². The van der Waals surface area contributed by atoms with Crippen molar-refractivity contribution < 1.29 is 9.90 Å². The Bertz CT molecular complexity index is 612. The number of amides is 1. The van der Waals surface area contributed by atoms with Crippen LogP contribution in [0.1, 0.15) is 21.5 Å². The van der Waals surface area contributed by atoms with E-state index in [1.807, 2.05) is 24.3 Å². The van der Waals surface area contributed by atoms with Crippen LogP contribution < -0.4 is 11.1 Å². The molecule has 0 spiro atoms. The molecule has 0 aliphatic rings. The van der Waals surface area contributed by atoms with Gasteiger partial charge in [0.05, 0.1) is 0 Å². The molecule has 0 atom stereocenters. The van der Waals surface area contributed by atoms with E-state index in [1.54, 1.807) is 12.1 Å². The van der Waals surface area contributed by atoms with E-state index in [2.05, 4.69) is 21.2 Å². The number of hydrogen-bond acceptors (Lipinski definition) is 3. The first kappa shape index (κ1) is 14.6. The minimum absolute atomic E-state index is 0.108. The van der Waals surface area contributed by atoms with Crippen LogP contribution in [-0.2, 0) is 13.1 Å². The molecule has 0 radical (unpaired) electrons. The van der Waals surface area contributed by atoms with Gasteiger partial charge < -0.3 is 16.2 Å². The average molecular weight is 335 g/mol. The summed E-state index contributed by atoms with van der Waals surface area (Å²) >= 11 is 3.36. The summed E-state index contributed by atoms with van der Waals surface area (Å²) < 4.78 is 0.999. The smallest absolute Gasteiger partial charge is 0.251 e. The third-order valence-corrected chi connectivity index (χ3v) is 3.46. The molecule has 0 unspecified atom stereocenters. The quantitative estimate of drug-likeness (QED) is 0.804. The highest BCUT2D eigenvalue weighted by atomic mass is 79.9. The first-order valence-electron chi connectivity index (χ1n) is 6.15. The largest absolute Gasteiger partial charge is 0.508 e. The summed E-state index contributed by atoms with van der Waals surface area (Å²) in [4.78, 5) is 12.0. The fourth-order valence-corrected chi connectivity index (χ4v) is 2.04. The van der Waals surface area contributed by atoms with Crippen LogP contribution in [0, 0.1) is 0 Å². The molecule has 2 rings (SSSR count). The molecule has 1 amide bonds. The van der Waals surface area contributed by atoms with Crippen LogP contribution in [-0.4, -0.2) is 11.0 Å². The highest BCUT2D eigenvalue weighted by molar-refractivity contribution is 9.10. The van der Waals surface area contributed by atoms with E-state index in [0.29, 0.717) is 17.7 Å². The molecule has 0 aliphatic heterocycles. The minimum Gasteiger partial charge on any atom is -0.508 e. The van der Waals surface area contributed by atoms with Crippen molar-refractivity contribution in [2.45, 2.75) is 13.1 Å². The molecule has 0 heterocycles. The number of phenols is 1. The van der Waals surface area contributed by atoms with E-state index in [1.165, 1.54) is 6.07 Å². The predicted octanol–water partition coefficient (Wildman–Crippen LogP) is 2.54. The molecule has 0 fully saturated rings. The Hall–Kier alpha value is -1.85. The van der Waals surface area contributed by atoms with Gasteiger partial charge in [0.15, 0.2) is 0 Å². The van der Waals surface area contributed by atoms with Crippen molar-refractivity contribution in [2.75, 3.05) is 0 Å². The van der Waals surface area contributed by atoms with Crippen molar-refractivity contribution >= 4 is 21.8 Å². The molecule has 0 saturated heterocycles. The van der Waals surface area contributed by atoms with Gasteiger partial charge in [-0.05, 0) is 35.9 Å². The lowest BCUT2D eigenvalue weighted by molar-refractivity contribution is 0.0951. The maximum atomic E-state index is 12.0. The molecule has 104 valence electrons. The molecule has 20 heavy (non-hydrogen) atoms. The Morgan fingerprint density at radius 3 is 2.55 bits per heavy atom. The number of nitrogens with one attached hydrogen (secondary N) is 1. The van der Waals surface area contributed by atoms with Crippen LogP contribution in [0.5, 0.6) is 5.75 Å². The second-order valence-corrected chi connectivity index (χ2v) is 5.27. The van der Waals surface area contributed by atoms with Crippen molar-refractivity contribution in [3.05, 3.63) is 63.6 Å². The van der Waals surface area contributed by atoms with Crippen LogP contribution in [0.3, 0.4) is 0 Å². The van der Waals surface area contributed by atoms with Gasteiger partial charge in [-0.15, -0.1) is 0 Å². The van der Waals surface area contributed by atoms with Gasteiger partial charge in [0.2, 0.25) is 0 Å². The lowest BCUT2D eigenvalue weighted by Crippen LogP contribution is -2.23. The molecular weight excluding hydrogens is 320 g/mol. The van der Waals surface area contributed by atoms with E-state index in [4.69, 9.17) is 5.73 Å². The molecule has 5 heteroatoms. The number of nitrogens with two attached hydrogens (primary N) is 1. The number of carbonyl (C=O) groups excluding carboxylic acids is 1. The summed E-state index contributed by atoms with van der Waals surface area (Å²) in [5.41, 5.74) is 7.56. The van der Waals surface area contributed by atoms with Crippen molar-refractivity contribution in [2.24, 2.45) is 5.73 Å². The van der Waals surface area contributed by atoms with Crippen molar-refractivity contribution in [3.8, 4) is 5.75 Å². The normalized spacial score (nSPS) is 10.3. The first-order chi connectivity index (χ1) is 9.60. The molecule has 0 saturated carbocycles. The van der Waals surface area contributed by atoms with Crippen LogP contribution in [0.2, 0.25) is 0 Å². The van der Waals surface area contributed by atoms with Gasteiger partial charge in [-0.3, -0.25) is 4.79 Å². The Morgan fingerprint density at radius 1 is 1.20 bits per heavy atom. The zero-order valence-electron chi connectivity index (χ0n) is 10.8. The average Bonchev–Trinajstić information content (AvgIpc) is 2.47. The van der Waals surface area contributed by atoms with Gasteiger partial charge in [0, 0.05) is 28.7 Å². The van der Waals surface area contributed by atoms with E-state index < -0.39 is 0 Å². The Labute approximate surface area is 125 Å². The van der Waals surface area contributed by atoms with Gasteiger partial charge >= 0.3 is 0 Å². The summed E-state index contributed by atoms with van der Waals surface area (Å²) in [5, 5.41) is 12.4. The number of carbonyl (C=O) groups is 1. The fraction of sp³-hybridized carbons (Fsp3) is 0.133. The number of halogens is 1. The van der Waals surface area contributed by atoms with Crippen molar-refractivity contribution in [1.29, 1.82) is 0 Å². The van der Waals surface area contributed by atoms with Gasteiger partial charge in [-0.25, -0.2) is 0 Å². The maximum absolute atomic E-state index is 12.0. The Morgan fingerprint density at radius 2 is 1.90 bits per heavy atom. The molecular formula is C15H15BrN2O2. The number of rotatable bonds is 4. The van der Waals surface area contributed by atoms with Gasteiger partial charge in [0.1, 0.15) is 5.75 Å². The maximum Gasteiger partial charge on any atom is 0.251 e. The SMILES string of the molecule is NCc1cc(C(=O)NCc2ccc(Br)cc2)ccc1O. The second kappa shape index (κ2) is 6.54. The monoisotopic (exact) mass is 334 g/mol. The Kier molecular flexibility index (Phi) is 4.76. The van der Waals surface area contributed by atoms with E-state index >= 15 is 0 Å². The third-order valence-electron chi connectivity index (χ3n) is 2.93. The number of aromatic hydroxyl groups is 1. The zero-order chi connectivity index (χ0) is 14.5. The molecule has 0 aliphatic carbocycles. The number of benzene rings is 2. The Balaban J connectivity index is 2.03. The summed E-state index contributed by atoms with van der Waals surface area (Å²) in [6, 6.07) is 12.4. The summed E-state index contributed by atoms with van der Waals surface area (Å²) in [7, 11) is 0. The number of phenolic OH excluding ortho intramolecular Hbond substituents is 1. The highest BCUT2D eigenvalue weighted by Gasteiger charge is 2.08. The van der Waals surface area contributed by atoms with E-state index in [0.717, 1.165) is 10.0 Å². The molecule has 0 bridgehead atoms. The lowest BCUT2D eigenvalue weighted by atomic mass is 10.1. The van der Waals surface area contributed by atoms with Crippen LogP contribution >= 0.6 is 15.9 Å². The van der Waals surface area contributed by atoms with E-state index in [9.17, 15) is 9.90 Å². The summed E-state index contributed by atoms with van der Waals surface area (Å²) in [6.45, 7) is 0.643.